The van der Waals surface area contributed by atoms with Crippen LogP contribution in [0.2, 0.25) is 0 Å². The Hall–Kier alpha value is -1.16. The molecule has 4 nitrogen and oxygen atoms in total. The lowest BCUT2D eigenvalue weighted by Crippen LogP contribution is -2.28. The third kappa shape index (κ3) is 2.99. The average molecular weight is 181 g/mol. The van der Waals surface area contributed by atoms with E-state index in [1.54, 1.807) is 13.1 Å². The molecule has 1 rings (SSSR count). The van der Waals surface area contributed by atoms with Gasteiger partial charge in [0.25, 0.3) is 0 Å². The maximum Gasteiger partial charge on any atom is 0.225 e. The Morgan fingerprint density at radius 2 is 2.31 bits per heavy atom. The Bertz CT molecular complexity index is 275. The molecular weight excluding hydrogens is 166 g/mol. The lowest BCUT2D eigenvalue weighted by atomic mass is 10.4. The SMILES string of the molecule is Cc1ccnc(N(C)CC(C)O)n1. The molecule has 1 aromatic rings. The second-order valence-corrected chi connectivity index (χ2v) is 3.23. The fraction of sp³-hybridized carbons (Fsp3) is 0.556. The molecule has 1 N–H and O–H groups in total. The van der Waals surface area contributed by atoms with Crippen LogP contribution in [0.15, 0.2) is 12.3 Å². The second kappa shape index (κ2) is 4.18. The van der Waals surface area contributed by atoms with Gasteiger partial charge < -0.3 is 10.0 Å². The van der Waals surface area contributed by atoms with Crippen molar-refractivity contribution in [3.05, 3.63) is 18.0 Å². The molecule has 0 amide bonds. The summed E-state index contributed by atoms with van der Waals surface area (Å²) in [5.41, 5.74) is 0.933. The highest BCUT2D eigenvalue weighted by Crippen LogP contribution is 2.04. The monoisotopic (exact) mass is 181 g/mol. The van der Waals surface area contributed by atoms with Crippen molar-refractivity contribution < 1.29 is 5.11 Å². The predicted molar refractivity (Wildman–Crippen MR) is 51.7 cm³/mol. The summed E-state index contributed by atoms with van der Waals surface area (Å²) in [4.78, 5) is 10.2. The van der Waals surface area contributed by atoms with Crippen molar-refractivity contribution in [2.75, 3.05) is 18.5 Å². The molecule has 0 saturated heterocycles. The Balaban J connectivity index is 2.71. The van der Waals surface area contributed by atoms with Crippen LogP contribution in [0.25, 0.3) is 0 Å². The van der Waals surface area contributed by atoms with Crippen LogP contribution in [0.5, 0.6) is 0 Å². The van der Waals surface area contributed by atoms with Crippen LogP contribution in [0.3, 0.4) is 0 Å². The van der Waals surface area contributed by atoms with Crippen LogP contribution < -0.4 is 4.90 Å². The zero-order valence-electron chi connectivity index (χ0n) is 8.23. The van der Waals surface area contributed by atoms with E-state index >= 15 is 0 Å². The summed E-state index contributed by atoms with van der Waals surface area (Å²) in [5, 5.41) is 9.16. The number of likely N-dealkylation sites (N-methyl/N-ethyl adjacent to an activating group) is 1. The van der Waals surface area contributed by atoms with Gasteiger partial charge in [-0.05, 0) is 19.9 Å². The van der Waals surface area contributed by atoms with Crippen LogP contribution in [-0.2, 0) is 0 Å². The number of hydrogen-bond donors (Lipinski definition) is 1. The maximum atomic E-state index is 9.16. The Morgan fingerprint density at radius 3 is 2.85 bits per heavy atom. The third-order valence-corrected chi connectivity index (χ3v) is 1.66. The molecule has 0 aliphatic carbocycles. The highest BCUT2D eigenvalue weighted by molar-refractivity contribution is 5.28. The molecule has 0 aromatic carbocycles. The lowest BCUT2D eigenvalue weighted by molar-refractivity contribution is 0.201. The first kappa shape index (κ1) is 9.92. The largest absolute Gasteiger partial charge is 0.392 e. The molecule has 0 radical (unpaired) electrons. The predicted octanol–water partition coefficient (Wildman–Crippen LogP) is 0.602. The minimum atomic E-state index is -0.367. The van der Waals surface area contributed by atoms with Gasteiger partial charge in [0.1, 0.15) is 0 Å². The van der Waals surface area contributed by atoms with E-state index in [1.807, 2.05) is 24.9 Å². The summed E-state index contributed by atoms with van der Waals surface area (Å²) in [7, 11) is 1.86. The van der Waals surface area contributed by atoms with Gasteiger partial charge in [0.05, 0.1) is 6.10 Å². The van der Waals surface area contributed by atoms with E-state index < -0.39 is 0 Å². The molecule has 13 heavy (non-hydrogen) atoms. The summed E-state index contributed by atoms with van der Waals surface area (Å²) in [6, 6.07) is 1.85. The Morgan fingerprint density at radius 1 is 1.62 bits per heavy atom. The number of aliphatic hydroxyl groups excluding tert-OH is 1. The van der Waals surface area contributed by atoms with Crippen molar-refractivity contribution in [3.63, 3.8) is 0 Å². The zero-order chi connectivity index (χ0) is 9.84. The number of aromatic nitrogens is 2. The van der Waals surface area contributed by atoms with E-state index in [1.165, 1.54) is 0 Å². The summed E-state index contributed by atoms with van der Waals surface area (Å²) >= 11 is 0. The van der Waals surface area contributed by atoms with E-state index in [0.717, 1.165) is 5.69 Å². The topological polar surface area (TPSA) is 49.2 Å². The van der Waals surface area contributed by atoms with E-state index in [9.17, 15) is 0 Å². The lowest BCUT2D eigenvalue weighted by Gasteiger charge is -2.18. The van der Waals surface area contributed by atoms with E-state index in [0.29, 0.717) is 12.5 Å². The molecule has 4 heteroatoms. The summed E-state index contributed by atoms with van der Waals surface area (Å²) < 4.78 is 0. The third-order valence-electron chi connectivity index (χ3n) is 1.66. The fourth-order valence-corrected chi connectivity index (χ4v) is 1.10. The quantitative estimate of drug-likeness (QED) is 0.742. The molecule has 0 fully saturated rings. The summed E-state index contributed by atoms with van der Waals surface area (Å²) in [5.74, 6) is 0.654. The van der Waals surface area contributed by atoms with Gasteiger partial charge in [-0.3, -0.25) is 0 Å². The van der Waals surface area contributed by atoms with E-state index in [2.05, 4.69) is 9.97 Å². The van der Waals surface area contributed by atoms with Crippen molar-refractivity contribution in [2.24, 2.45) is 0 Å². The van der Waals surface area contributed by atoms with Crippen molar-refractivity contribution in [2.45, 2.75) is 20.0 Å². The van der Waals surface area contributed by atoms with Gasteiger partial charge in [-0.15, -0.1) is 0 Å². The molecule has 0 saturated carbocycles. The van der Waals surface area contributed by atoms with E-state index in [-0.39, 0.29) is 6.10 Å². The maximum absolute atomic E-state index is 9.16. The van der Waals surface area contributed by atoms with Gasteiger partial charge in [0.2, 0.25) is 5.95 Å². The minimum absolute atomic E-state index is 0.367. The van der Waals surface area contributed by atoms with E-state index in [4.69, 9.17) is 5.11 Å². The van der Waals surface area contributed by atoms with Crippen molar-refractivity contribution >= 4 is 5.95 Å². The summed E-state index contributed by atoms with van der Waals surface area (Å²) in [6.45, 7) is 4.21. The number of aliphatic hydroxyl groups is 1. The summed E-state index contributed by atoms with van der Waals surface area (Å²) in [6.07, 6.45) is 1.35. The van der Waals surface area contributed by atoms with Gasteiger partial charge in [-0.2, -0.15) is 0 Å². The highest BCUT2D eigenvalue weighted by Gasteiger charge is 2.06. The number of hydrogen-bond acceptors (Lipinski definition) is 4. The number of nitrogens with zero attached hydrogens (tertiary/aromatic N) is 3. The van der Waals surface area contributed by atoms with Crippen LogP contribution in [0.4, 0.5) is 5.95 Å². The van der Waals surface area contributed by atoms with Crippen molar-refractivity contribution in [1.82, 2.24) is 9.97 Å². The molecular formula is C9H15N3O. The van der Waals surface area contributed by atoms with Gasteiger partial charge in [-0.1, -0.05) is 0 Å². The smallest absolute Gasteiger partial charge is 0.225 e. The Labute approximate surface area is 78.2 Å². The zero-order valence-corrected chi connectivity index (χ0v) is 8.23. The second-order valence-electron chi connectivity index (χ2n) is 3.23. The van der Waals surface area contributed by atoms with Gasteiger partial charge in [0.15, 0.2) is 0 Å². The van der Waals surface area contributed by atoms with Crippen molar-refractivity contribution in [3.8, 4) is 0 Å². The molecule has 0 spiro atoms. The number of rotatable bonds is 3. The van der Waals surface area contributed by atoms with Gasteiger partial charge >= 0.3 is 0 Å². The molecule has 72 valence electrons. The number of anilines is 1. The Kier molecular flexibility index (Phi) is 3.19. The molecule has 1 aromatic heterocycles. The first-order chi connectivity index (χ1) is 6.09. The first-order valence-corrected chi connectivity index (χ1v) is 4.28. The van der Waals surface area contributed by atoms with Gasteiger partial charge in [-0.25, -0.2) is 9.97 Å². The molecule has 0 aliphatic rings. The highest BCUT2D eigenvalue weighted by atomic mass is 16.3. The average Bonchev–Trinajstić information content (AvgIpc) is 2.03. The van der Waals surface area contributed by atoms with Crippen LogP contribution in [-0.4, -0.2) is 34.8 Å². The van der Waals surface area contributed by atoms with Gasteiger partial charge in [0, 0.05) is 25.5 Å². The molecule has 1 unspecified atom stereocenters. The molecule has 0 aliphatic heterocycles. The van der Waals surface area contributed by atoms with Crippen LogP contribution >= 0.6 is 0 Å². The molecule has 1 heterocycles. The van der Waals surface area contributed by atoms with Crippen LogP contribution in [0.1, 0.15) is 12.6 Å². The normalized spacial score (nSPS) is 12.6. The van der Waals surface area contributed by atoms with Crippen LogP contribution in [0, 0.1) is 6.92 Å². The van der Waals surface area contributed by atoms with Crippen molar-refractivity contribution in [1.29, 1.82) is 0 Å². The molecule has 0 bridgehead atoms. The molecule has 1 atom stereocenters. The number of aryl methyl sites for hydroxylation is 1. The standard InChI is InChI=1S/C9H15N3O/c1-7-4-5-10-9(11-7)12(3)6-8(2)13/h4-5,8,13H,6H2,1-3H3. The first-order valence-electron chi connectivity index (χ1n) is 4.28. The fourth-order valence-electron chi connectivity index (χ4n) is 1.10. The minimum Gasteiger partial charge on any atom is -0.392 e.